The molecule has 0 radical (unpaired) electrons. The molecule has 1 atom stereocenters. The summed E-state index contributed by atoms with van der Waals surface area (Å²) in [5.74, 6) is 0.510. The summed E-state index contributed by atoms with van der Waals surface area (Å²) < 4.78 is 19.4. The van der Waals surface area contributed by atoms with Crippen molar-refractivity contribution in [3.8, 4) is 5.75 Å². The zero-order valence-electron chi connectivity index (χ0n) is 9.49. The second-order valence-electron chi connectivity index (χ2n) is 4.17. The topological polar surface area (TPSA) is 21.3 Å². The van der Waals surface area contributed by atoms with Crippen LogP contribution in [0.5, 0.6) is 5.75 Å². The molecule has 1 aliphatic rings. The summed E-state index contributed by atoms with van der Waals surface area (Å²) in [6, 6.07) is 11.9. The second-order valence-corrected chi connectivity index (χ2v) is 4.61. The molecule has 0 saturated heterocycles. The van der Waals surface area contributed by atoms with E-state index in [4.69, 9.17) is 16.3 Å². The molecule has 0 fully saturated rings. The van der Waals surface area contributed by atoms with Gasteiger partial charge in [0.2, 0.25) is 0 Å². The van der Waals surface area contributed by atoms with Crippen LogP contribution in [0, 0.1) is 5.82 Å². The number of benzene rings is 2. The van der Waals surface area contributed by atoms with Crippen LogP contribution in [0.25, 0.3) is 0 Å². The minimum atomic E-state index is -0.278. The monoisotopic (exact) mass is 263 g/mol. The summed E-state index contributed by atoms with van der Waals surface area (Å²) in [6.45, 7) is 0.383. The van der Waals surface area contributed by atoms with Crippen molar-refractivity contribution in [1.82, 2.24) is 0 Å². The van der Waals surface area contributed by atoms with Crippen LogP contribution in [-0.4, -0.2) is 6.61 Å². The molecule has 18 heavy (non-hydrogen) atoms. The van der Waals surface area contributed by atoms with E-state index in [-0.39, 0.29) is 11.9 Å². The summed E-state index contributed by atoms with van der Waals surface area (Å²) in [6.07, 6.45) is 0. The molecule has 1 heterocycles. The minimum absolute atomic E-state index is 0.224. The van der Waals surface area contributed by atoms with Crippen molar-refractivity contribution in [3.05, 3.63) is 58.9 Å². The van der Waals surface area contributed by atoms with Crippen LogP contribution in [0.15, 0.2) is 42.5 Å². The number of nitrogens with one attached hydrogen (secondary N) is 1. The Balaban J connectivity index is 1.94. The maximum Gasteiger partial charge on any atom is 0.142 e. The molecule has 3 rings (SSSR count). The standard InChI is InChI=1S/C14H11ClFNO/c15-9-5-6-11(16)10(7-9)13-8-18-14-4-2-1-3-12(14)17-13/h1-7,13,17H,8H2. The molecular formula is C14H11ClFNO. The SMILES string of the molecule is Fc1ccc(Cl)cc1C1COc2ccccc2N1. The van der Waals surface area contributed by atoms with Gasteiger partial charge in [-0.05, 0) is 30.3 Å². The third-order valence-corrected chi connectivity index (χ3v) is 3.19. The highest BCUT2D eigenvalue weighted by atomic mass is 35.5. The highest BCUT2D eigenvalue weighted by Crippen LogP contribution is 2.34. The lowest BCUT2D eigenvalue weighted by Crippen LogP contribution is -2.24. The van der Waals surface area contributed by atoms with Crippen molar-refractivity contribution >= 4 is 17.3 Å². The van der Waals surface area contributed by atoms with E-state index in [0.717, 1.165) is 11.4 Å². The molecule has 0 aliphatic carbocycles. The van der Waals surface area contributed by atoms with Crippen molar-refractivity contribution in [1.29, 1.82) is 0 Å². The summed E-state index contributed by atoms with van der Waals surface area (Å²) in [5, 5.41) is 3.78. The average molecular weight is 264 g/mol. The van der Waals surface area contributed by atoms with Crippen molar-refractivity contribution in [2.75, 3.05) is 11.9 Å². The van der Waals surface area contributed by atoms with Gasteiger partial charge in [-0.1, -0.05) is 23.7 Å². The van der Waals surface area contributed by atoms with Crippen LogP contribution in [0.3, 0.4) is 0 Å². The van der Waals surface area contributed by atoms with E-state index >= 15 is 0 Å². The van der Waals surface area contributed by atoms with Crippen LogP contribution >= 0.6 is 11.6 Å². The van der Waals surface area contributed by atoms with E-state index < -0.39 is 0 Å². The smallest absolute Gasteiger partial charge is 0.142 e. The van der Waals surface area contributed by atoms with Crippen molar-refractivity contribution in [2.24, 2.45) is 0 Å². The van der Waals surface area contributed by atoms with Crippen LogP contribution in [-0.2, 0) is 0 Å². The zero-order chi connectivity index (χ0) is 12.5. The fraction of sp³-hybridized carbons (Fsp3) is 0.143. The molecular weight excluding hydrogens is 253 g/mol. The average Bonchev–Trinajstić information content (AvgIpc) is 2.41. The first-order chi connectivity index (χ1) is 8.74. The Kier molecular flexibility index (Phi) is 2.84. The minimum Gasteiger partial charge on any atom is -0.489 e. The molecule has 92 valence electrons. The Labute approximate surface area is 109 Å². The van der Waals surface area contributed by atoms with Gasteiger partial charge in [-0.15, -0.1) is 0 Å². The van der Waals surface area contributed by atoms with E-state index in [2.05, 4.69) is 5.32 Å². The lowest BCUT2D eigenvalue weighted by Gasteiger charge is -2.28. The van der Waals surface area contributed by atoms with E-state index in [9.17, 15) is 4.39 Å². The van der Waals surface area contributed by atoms with Crippen LogP contribution < -0.4 is 10.1 Å². The predicted octanol–water partition coefficient (Wildman–Crippen LogP) is 4.02. The third kappa shape index (κ3) is 2.02. The van der Waals surface area contributed by atoms with Crippen LogP contribution in [0.1, 0.15) is 11.6 Å². The van der Waals surface area contributed by atoms with E-state index in [0.29, 0.717) is 17.2 Å². The maximum atomic E-state index is 13.8. The molecule has 1 N–H and O–H groups in total. The van der Waals surface area contributed by atoms with Gasteiger partial charge in [-0.3, -0.25) is 0 Å². The predicted molar refractivity (Wildman–Crippen MR) is 69.7 cm³/mol. The molecule has 2 nitrogen and oxygen atoms in total. The summed E-state index contributed by atoms with van der Waals surface area (Å²) in [5.41, 5.74) is 1.39. The number of anilines is 1. The van der Waals surface area contributed by atoms with Gasteiger partial charge in [0.05, 0.1) is 11.7 Å². The first kappa shape index (κ1) is 11.4. The molecule has 1 aliphatic heterocycles. The first-order valence-corrected chi connectivity index (χ1v) is 6.05. The van der Waals surface area contributed by atoms with Crippen molar-refractivity contribution in [2.45, 2.75) is 6.04 Å². The van der Waals surface area contributed by atoms with Crippen LogP contribution in [0.2, 0.25) is 5.02 Å². The van der Waals surface area contributed by atoms with E-state index in [1.54, 1.807) is 6.07 Å². The number of para-hydroxylation sites is 2. The molecule has 0 bridgehead atoms. The lowest BCUT2D eigenvalue weighted by molar-refractivity contribution is 0.284. The molecule has 1 unspecified atom stereocenters. The van der Waals surface area contributed by atoms with Gasteiger partial charge in [0.1, 0.15) is 18.2 Å². The molecule has 2 aromatic rings. The van der Waals surface area contributed by atoms with E-state index in [1.807, 2.05) is 24.3 Å². The Hall–Kier alpha value is -1.74. The summed E-state index contributed by atoms with van der Waals surface area (Å²) in [7, 11) is 0. The number of rotatable bonds is 1. The number of hydrogen-bond acceptors (Lipinski definition) is 2. The van der Waals surface area contributed by atoms with Crippen LogP contribution in [0.4, 0.5) is 10.1 Å². The molecule has 0 spiro atoms. The lowest BCUT2D eigenvalue weighted by atomic mass is 10.1. The third-order valence-electron chi connectivity index (χ3n) is 2.96. The van der Waals surface area contributed by atoms with Gasteiger partial charge in [-0.2, -0.15) is 0 Å². The number of fused-ring (bicyclic) bond motifs is 1. The fourth-order valence-corrected chi connectivity index (χ4v) is 2.24. The Morgan fingerprint density at radius 1 is 1.22 bits per heavy atom. The molecule has 0 amide bonds. The number of hydrogen-bond donors (Lipinski definition) is 1. The van der Waals surface area contributed by atoms with E-state index in [1.165, 1.54) is 12.1 Å². The highest BCUT2D eigenvalue weighted by Gasteiger charge is 2.22. The first-order valence-electron chi connectivity index (χ1n) is 5.67. The zero-order valence-corrected chi connectivity index (χ0v) is 10.2. The van der Waals surface area contributed by atoms with Crippen molar-refractivity contribution < 1.29 is 9.13 Å². The largest absolute Gasteiger partial charge is 0.489 e. The van der Waals surface area contributed by atoms with Gasteiger partial charge >= 0.3 is 0 Å². The number of halogens is 2. The Bertz CT molecular complexity index is 588. The summed E-state index contributed by atoms with van der Waals surface area (Å²) >= 11 is 5.90. The fourth-order valence-electron chi connectivity index (χ4n) is 2.06. The molecule has 4 heteroatoms. The Morgan fingerprint density at radius 3 is 2.94 bits per heavy atom. The normalized spacial score (nSPS) is 17.6. The van der Waals surface area contributed by atoms with Gasteiger partial charge in [0.15, 0.2) is 0 Å². The van der Waals surface area contributed by atoms with Crippen molar-refractivity contribution in [3.63, 3.8) is 0 Å². The van der Waals surface area contributed by atoms with Gasteiger partial charge in [0.25, 0.3) is 0 Å². The van der Waals surface area contributed by atoms with Gasteiger partial charge < -0.3 is 10.1 Å². The molecule has 0 saturated carbocycles. The Morgan fingerprint density at radius 2 is 2.06 bits per heavy atom. The second kappa shape index (κ2) is 4.50. The number of ether oxygens (including phenoxy) is 1. The van der Waals surface area contributed by atoms with Gasteiger partial charge in [-0.25, -0.2) is 4.39 Å². The molecule has 2 aromatic carbocycles. The quantitative estimate of drug-likeness (QED) is 0.839. The maximum absolute atomic E-state index is 13.8. The molecule has 0 aromatic heterocycles. The van der Waals surface area contributed by atoms with Gasteiger partial charge in [0, 0.05) is 10.6 Å². The highest BCUT2D eigenvalue weighted by molar-refractivity contribution is 6.30. The summed E-state index contributed by atoms with van der Waals surface area (Å²) in [4.78, 5) is 0.